The van der Waals surface area contributed by atoms with Crippen LogP contribution in [0.4, 0.5) is 0 Å². The molecule has 0 saturated carbocycles. The minimum Gasteiger partial charge on any atom is -0.294 e. The van der Waals surface area contributed by atoms with Crippen LogP contribution in [-0.2, 0) is 0 Å². The number of alkyl halides is 1. The highest BCUT2D eigenvalue weighted by molar-refractivity contribution is 9.10. The Morgan fingerprint density at radius 2 is 2.00 bits per heavy atom. The second kappa shape index (κ2) is 5.77. The van der Waals surface area contributed by atoms with Gasteiger partial charge in [0, 0.05) is 27.4 Å². The third-order valence-corrected chi connectivity index (χ3v) is 3.12. The van der Waals surface area contributed by atoms with E-state index < -0.39 is 5.24 Å². The second-order valence-electron chi connectivity index (χ2n) is 2.83. The molecule has 80 valence electrons. The molecule has 0 aliphatic heterocycles. The molecule has 0 spiro atoms. The van der Waals surface area contributed by atoms with Crippen LogP contribution >= 0.6 is 43.5 Å². The van der Waals surface area contributed by atoms with E-state index in [-0.39, 0.29) is 5.78 Å². The molecule has 0 fully saturated rings. The van der Waals surface area contributed by atoms with Crippen molar-refractivity contribution in [3.05, 3.63) is 33.8 Å². The monoisotopic (exact) mass is 352 g/mol. The van der Waals surface area contributed by atoms with E-state index in [1.54, 1.807) is 12.1 Å². The molecule has 1 rings (SSSR count). The van der Waals surface area contributed by atoms with Crippen molar-refractivity contribution < 1.29 is 9.59 Å². The summed E-state index contributed by atoms with van der Waals surface area (Å²) in [5, 5.41) is 0.0347. The number of benzene rings is 1. The molecule has 0 amide bonds. The zero-order valence-electron chi connectivity index (χ0n) is 7.60. The zero-order chi connectivity index (χ0) is 11.4. The predicted molar refractivity (Wildman–Crippen MR) is 67.1 cm³/mol. The van der Waals surface area contributed by atoms with Gasteiger partial charge in [0.25, 0.3) is 5.24 Å². The summed E-state index contributed by atoms with van der Waals surface area (Å²) in [5.74, 6) is -0.0292. The predicted octanol–water partition coefficient (Wildman–Crippen LogP) is 3.80. The van der Waals surface area contributed by atoms with E-state index in [0.717, 1.165) is 0 Å². The summed E-state index contributed by atoms with van der Waals surface area (Å²) in [7, 11) is 0. The van der Waals surface area contributed by atoms with Gasteiger partial charge < -0.3 is 0 Å². The summed E-state index contributed by atoms with van der Waals surface area (Å²) < 4.78 is 0.676. The number of carbonyl (C=O) groups excluding carboxylic acids is 2. The average Bonchev–Trinajstić information content (AvgIpc) is 2.18. The van der Waals surface area contributed by atoms with E-state index in [1.807, 2.05) is 0 Å². The minimum absolute atomic E-state index is 0.0292. The largest absolute Gasteiger partial charge is 0.294 e. The van der Waals surface area contributed by atoms with E-state index in [9.17, 15) is 9.59 Å². The Morgan fingerprint density at radius 1 is 1.33 bits per heavy atom. The van der Waals surface area contributed by atoms with Gasteiger partial charge in [-0.25, -0.2) is 0 Å². The topological polar surface area (TPSA) is 34.1 Å². The van der Waals surface area contributed by atoms with Gasteiger partial charge in [0.1, 0.15) is 0 Å². The highest BCUT2D eigenvalue weighted by Crippen LogP contribution is 2.21. The van der Waals surface area contributed by atoms with Crippen LogP contribution in [-0.4, -0.2) is 16.4 Å². The molecule has 0 saturated heterocycles. The molecule has 0 bridgehead atoms. The van der Waals surface area contributed by atoms with Gasteiger partial charge in [0.05, 0.1) is 0 Å². The fourth-order valence-corrected chi connectivity index (χ4v) is 2.03. The number of halogens is 3. The molecule has 0 atom stereocenters. The van der Waals surface area contributed by atoms with Crippen LogP contribution in [0.2, 0.25) is 0 Å². The Morgan fingerprint density at radius 3 is 2.53 bits per heavy atom. The first-order valence-corrected chi connectivity index (χ1v) is 6.44. The van der Waals surface area contributed by atoms with Crippen LogP contribution in [0.5, 0.6) is 0 Å². The number of ketones is 1. The highest BCUT2D eigenvalue weighted by Gasteiger charge is 2.12. The van der Waals surface area contributed by atoms with Crippen LogP contribution in [0.15, 0.2) is 22.7 Å². The summed E-state index contributed by atoms with van der Waals surface area (Å²) in [4.78, 5) is 22.5. The Balaban J connectivity index is 3.10. The summed E-state index contributed by atoms with van der Waals surface area (Å²) in [6.07, 6.45) is 0.387. The summed E-state index contributed by atoms with van der Waals surface area (Å²) in [6.45, 7) is 0. The molecule has 0 N–H and O–H groups in total. The van der Waals surface area contributed by atoms with Crippen molar-refractivity contribution in [1.29, 1.82) is 0 Å². The Kier molecular flexibility index (Phi) is 4.96. The Labute approximate surface area is 109 Å². The molecule has 2 nitrogen and oxygen atoms in total. The van der Waals surface area contributed by atoms with Crippen LogP contribution in [0, 0.1) is 0 Å². The first-order chi connectivity index (χ1) is 7.06. The molecule has 0 aliphatic carbocycles. The van der Waals surface area contributed by atoms with Crippen LogP contribution < -0.4 is 0 Å². The van der Waals surface area contributed by atoms with Gasteiger partial charge in [-0.15, -0.1) is 0 Å². The van der Waals surface area contributed by atoms with Crippen molar-refractivity contribution in [3.8, 4) is 0 Å². The van der Waals surface area contributed by atoms with Gasteiger partial charge in [-0.05, 0) is 29.8 Å². The molecule has 1 aromatic rings. The molecule has 0 aliphatic rings. The molecular weight excluding hydrogens is 347 g/mol. The molecular formula is C10H7Br2ClO2. The van der Waals surface area contributed by atoms with Crippen molar-refractivity contribution in [3.63, 3.8) is 0 Å². The van der Waals surface area contributed by atoms with Gasteiger partial charge >= 0.3 is 0 Å². The highest BCUT2D eigenvalue weighted by atomic mass is 79.9. The summed E-state index contributed by atoms with van der Waals surface area (Å²) in [5.41, 5.74) is 0.818. The SMILES string of the molecule is O=C(Cl)c1ccc(Br)c(C(=O)CCBr)c1. The maximum absolute atomic E-state index is 11.6. The van der Waals surface area contributed by atoms with E-state index in [2.05, 4.69) is 31.9 Å². The Hall–Kier alpha value is -0.190. The number of Topliss-reactive ketones (excluding diaryl/α,β-unsaturated/α-hetero) is 1. The van der Waals surface area contributed by atoms with Crippen LogP contribution in [0.1, 0.15) is 27.1 Å². The van der Waals surface area contributed by atoms with Gasteiger partial charge in [-0.1, -0.05) is 31.9 Å². The third kappa shape index (κ3) is 3.40. The van der Waals surface area contributed by atoms with Gasteiger partial charge in [0.15, 0.2) is 5.78 Å². The minimum atomic E-state index is -0.560. The van der Waals surface area contributed by atoms with E-state index in [1.165, 1.54) is 6.07 Å². The molecule has 5 heteroatoms. The van der Waals surface area contributed by atoms with Crippen molar-refractivity contribution >= 4 is 54.5 Å². The fourth-order valence-electron chi connectivity index (χ4n) is 1.08. The maximum atomic E-state index is 11.6. The zero-order valence-corrected chi connectivity index (χ0v) is 11.5. The van der Waals surface area contributed by atoms with E-state index >= 15 is 0 Å². The maximum Gasteiger partial charge on any atom is 0.252 e. The lowest BCUT2D eigenvalue weighted by Gasteiger charge is -2.03. The lowest BCUT2D eigenvalue weighted by Crippen LogP contribution is -2.02. The number of rotatable bonds is 4. The molecule has 0 heterocycles. The van der Waals surface area contributed by atoms with E-state index in [0.29, 0.717) is 27.4 Å². The molecule has 1 aromatic carbocycles. The average molecular weight is 354 g/mol. The summed E-state index contributed by atoms with van der Waals surface area (Å²) >= 11 is 11.8. The fraction of sp³-hybridized carbons (Fsp3) is 0.200. The second-order valence-corrected chi connectivity index (χ2v) is 4.82. The lowest BCUT2D eigenvalue weighted by atomic mass is 10.1. The Bertz CT molecular complexity index is 404. The number of hydrogen-bond acceptors (Lipinski definition) is 2. The van der Waals surface area contributed by atoms with Crippen LogP contribution in [0.3, 0.4) is 0 Å². The van der Waals surface area contributed by atoms with Crippen molar-refractivity contribution in [2.45, 2.75) is 6.42 Å². The van der Waals surface area contributed by atoms with E-state index in [4.69, 9.17) is 11.6 Å². The first-order valence-electron chi connectivity index (χ1n) is 4.15. The van der Waals surface area contributed by atoms with Gasteiger partial charge in [-0.2, -0.15) is 0 Å². The standard InChI is InChI=1S/C10H7Br2ClO2/c11-4-3-9(14)7-5-6(10(13)15)1-2-8(7)12/h1-2,5H,3-4H2. The van der Waals surface area contributed by atoms with Gasteiger partial charge in [-0.3, -0.25) is 9.59 Å². The molecule has 0 unspecified atom stereocenters. The molecule has 15 heavy (non-hydrogen) atoms. The quantitative estimate of drug-likeness (QED) is 0.468. The number of carbonyl (C=O) groups is 2. The van der Waals surface area contributed by atoms with Crippen LogP contribution in [0.25, 0.3) is 0 Å². The lowest BCUT2D eigenvalue weighted by molar-refractivity contribution is 0.0989. The first kappa shape index (κ1) is 12.9. The van der Waals surface area contributed by atoms with Gasteiger partial charge in [0.2, 0.25) is 0 Å². The summed E-state index contributed by atoms with van der Waals surface area (Å²) in [6, 6.07) is 4.73. The van der Waals surface area contributed by atoms with Crippen molar-refractivity contribution in [2.24, 2.45) is 0 Å². The van der Waals surface area contributed by atoms with Crippen molar-refractivity contribution in [2.75, 3.05) is 5.33 Å². The number of hydrogen-bond donors (Lipinski definition) is 0. The smallest absolute Gasteiger partial charge is 0.252 e. The third-order valence-electron chi connectivity index (χ3n) is 1.82. The molecule has 0 radical (unpaired) electrons. The normalized spacial score (nSPS) is 10.1. The molecule has 0 aromatic heterocycles. The van der Waals surface area contributed by atoms with Crippen molar-refractivity contribution in [1.82, 2.24) is 0 Å².